The summed E-state index contributed by atoms with van der Waals surface area (Å²) in [5, 5.41) is 0.667. The van der Waals surface area contributed by atoms with Gasteiger partial charge in [-0.3, -0.25) is 0 Å². The van der Waals surface area contributed by atoms with E-state index in [-0.39, 0.29) is 0 Å². The number of nitrogens with zero attached hydrogens (tertiary/aromatic N) is 1. The van der Waals surface area contributed by atoms with Crippen LogP contribution in [0.15, 0.2) is 23.1 Å². The molecule has 1 aliphatic carbocycles. The van der Waals surface area contributed by atoms with Crippen LogP contribution < -0.4 is 0 Å². The van der Waals surface area contributed by atoms with Crippen LogP contribution in [0.5, 0.6) is 0 Å². The monoisotopic (exact) mass is 342 g/mol. The second-order valence-electron chi connectivity index (χ2n) is 5.55. The third-order valence-electron chi connectivity index (χ3n) is 4.17. The second-order valence-corrected chi connectivity index (χ2v) is 9.06. The van der Waals surface area contributed by atoms with Crippen molar-refractivity contribution in [2.45, 2.75) is 35.4 Å². The summed E-state index contributed by atoms with van der Waals surface area (Å²) in [6.07, 6.45) is 6.74. The van der Waals surface area contributed by atoms with Gasteiger partial charge in [0.25, 0.3) is 0 Å². The summed E-state index contributed by atoms with van der Waals surface area (Å²) in [6.45, 7) is 0. The van der Waals surface area contributed by atoms with Gasteiger partial charge in [-0.05, 0) is 49.9 Å². The summed E-state index contributed by atoms with van der Waals surface area (Å²) in [6, 6.07) is 5.73. The molecule has 1 heterocycles. The Labute approximate surface area is 133 Å². The largest absolute Gasteiger partial charge is 0.329 e. The number of hydrogen-bond acceptors (Lipinski definition) is 4. The molecule has 1 aliphatic rings. The van der Waals surface area contributed by atoms with E-state index in [1.165, 1.54) is 12.7 Å². The van der Waals surface area contributed by atoms with Gasteiger partial charge in [-0.1, -0.05) is 6.07 Å². The lowest BCUT2D eigenvalue weighted by Crippen LogP contribution is -2.06. The first-order chi connectivity index (χ1) is 9.91. The van der Waals surface area contributed by atoms with Crippen LogP contribution >= 0.6 is 24.0 Å². The first-order valence-corrected chi connectivity index (χ1v) is 10.5. The number of aromatic nitrogens is 2. The molecule has 0 bridgehead atoms. The highest BCUT2D eigenvalue weighted by atomic mass is 32.2. The van der Waals surface area contributed by atoms with Crippen LogP contribution in [0.3, 0.4) is 0 Å². The number of imidazole rings is 1. The second kappa shape index (κ2) is 5.44. The van der Waals surface area contributed by atoms with E-state index in [1.54, 1.807) is 12.1 Å². The van der Waals surface area contributed by atoms with Crippen LogP contribution in [0.2, 0.25) is 0 Å². The van der Waals surface area contributed by atoms with Crippen molar-refractivity contribution in [2.24, 2.45) is 0 Å². The summed E-state index contributed by atoms with van der Waals surface area (Å²) >= 11 is 7.35. The summed E-state index contributed by atoms with van der Waals surface area (Å²) in [5.74, 6) is 0. The van der Waals surface area contributed by atoms with Gasteiger partial charge >= 0.3 is 0 Å². The number of benzene rings is 1. The summed E-state index contributed by atoms with van der Waals surface area (Å²) in [4.78, 5) is 3.43. The minimum atomic E-state index is -3.27. The van der Waals surface area contributed by atoms with E-state index >= 15 is 0 Å². The van der Waals surface area contributed by atoms with Gasteiger partial charge in [-0.2, -0.15) is 11.8 Å². The fraction of sp³-hybridized carbons (Fsp3) is 0.500. The zero-order valence-corrected chi connectivity index (χ0v) is 14.4. The smallest absolute Gasteiger partial charge is 0.178 e. The van der Waals surface area contributed by atoms with E-state index in [0.717, 1.165) is 18.4 Å². The maximum Gasteiger partial charge on any atom is 0.178 e. The summed E-state index contributed by atoms with van der Waals surface area (Å²) < 4.78 is 26.6. The molecule has 21 heavy (non-hydrogen) atoms. The van der Waals surface area contributed by atoms with E-state index in [4.69, 9.17) is 12.2 Å². The van der Waals surface area contributed by atoms with Crippen molar-refractivity contribution in [1.82, 2.24) is 9.55 Å². The number of rotatable bonds is 3. The Morgan fingerprint density at radius 1 is 1.38 bits per heavy atom. The number of nitrogens with one attached hydrogen (secondary N) is 1. The lowest BCUT2D eigenvalue weighted by molar-refractivity contribution is 0.527. The first-order valence-electron chi connectivity index (χ1n) is 6.88. The molecule has 0 radical (unpaired) electrons. The molecule has 0 saturated heterocycles. The number of fused-ring (bicyclic) bond motifs is 1. The quantitative estimate of drug-likeness (QED) is 0.867. The minimum Gasteiger partial charge on any atom is -0.329 e. The van der Waals surface area contributed by atoms with Gasteiger partial charge in [0.2, 0.25) is 0 Å². The molecule has 7 heteroatoms. The summed E-state index contributed by atoms with van der Waals surface area (Å²) in [7, 11) is -3.27. The molecule has 0 amide bonds. The van der Waals surface area contributed by atoms with Crippen molar-refractivity contribution in [3.63, 3.8) is 0 Å². The Bertz CT molecular complexity index is 836. The van der Waals surface area contributed by atoms with Gasteiger partial charge in [0.1, 0.15) is 0 Å². The van der Waals surface area contributed by atoms with Crippen molar-refractivity contribution in [3.8, 4) is 0 Å². The van der Waals surface area contributed by atoms with Gasteiger partial charge in [-0.25, -0.2) is 8.42 Å². The Hall–Kier alpha value is -0.790. The number of aromatic amines is 1. The van der Waals surface area contributed by atoms with Crippen LogP contribution in [0.4, 0.5) is 0 Å². The van der Waals surface area contributed by atoms with E-state index in [1.807, 2.05) is 17.8 Å². The lowest BCUT2D eigenvalue weighted by Gasteiger charge is -2.13. The molecule has 4 nitrogen and oxygen atoms in total. The SMILES string of the molecule is CSC1CCC(n2c(=S)[nH]c3c(S(C)(=O)=O)cccc32)C1. The topological polar surface area (TPSA) is 54.9 Å². The van der Waals surface area contributed by atoms with Crippen LogP contribution in [0, 0.1) is 4.77 Å². The Morgan fingerprint density at radius 2 is 2.14 bits per heavy atom. The van der Waals surface area contributed by atoms with Gasteiger partial charge in [0.15, 0.2) is 14.6 Å². The van der Waals surface area contributed by atoms with Gasteiger partial charge < -0.3 is 9.55 Å². The molecule has 2 atom stereocenters. The normalized spacial score (nSPS) is 23.0. The molecular weight excluding hydrogens is 324 g/mol. The molecule has 2 unspecified atom stereocenters. The standard InChI is InChI=1S/C14H18N2O2S3/c1-20-10-7-6-9(8-10)16-11-4-3-5-12(21(2,17)18)13(11)15-14(16)19/h3-5,9-10H,6-8H2,1-2H3,(H,15,19). The van der Waals surface area contributed by atoms with Crippen LogP contribution in [-0.2, 0) is 9.84 Å². The molecule has 0 aliphatic heterocycles. The van der Waals surface area contributed by atoms with Crippen LogP contribution in [0.1, 0.15) is 25.3 Å². The van der Waals surface area contributed by atoms with E-state index < -0.39 is 9.84 Å². The molecule has 1 fully saturated rings. The zero-order chi connectivity index (χ0) is 15.2. The number of hydrogen-bond donors (Lipinski definition) is 1. The maximum absolute atomic E-state index is 11.9. The molecule has 1 aromatic heterocycles. The highest BCUT2D eigenvalue weighted by molar-refractivity contribution is 7.99. The van der Waals surface area contributed by atoms with E-state index in [9.17, 15) is 8.42 Å². The third kappa shape index (κ3) is 2.66. The first kappa shape index (κ1) is 15.1. The zero-order valence-electron chi connectivity index (χ0n) is 12.0. The average Bonchev–Trinajstić information content (AvgIpc) is 2.99. The molecule has 1 aromatic carbocycles. The molecule has 1 saturated carbocycles. The average molecular weight is 343 g/mol. The van der Waals surface area contributed by atoms with Crippen molar-refractivity contribution in [1.29, 1.82) is 0 Å². The molecule has 114 valence electrons. The molecule has 1 N–H and O–H groups in total. The highest BCUT2D eigenvalue weighted by Gasteiger charge is 2.27. The fourth-order valence-electron chi connectivity index (χ4n) is 3.16. The molecule has 3 rings (SSSR count). The highest BCUT2D eigenvalue weighted by Crippen LogP contribution is 2.38. The number of thioether (sulfide) groups is 1. The van der Waals surface area contributed by atoms with Crippen LogP contribution in [0.25, 0.3) is 11.0 Å². The lowest BCUT2D eigenvalue weighted by atomic mass is 10.2. The van der Waals surface area contributed by atoms with Gasteiger partial charge in [-0.15, -0.1) is 0 Å². The maximum atomic E-state index is 11.9. The number of H-pyrrole nitrogens is 1. The Morgan fingerprint density at radius 3 is 2.76 bits per heavy atom. The number of sulfone groups is 1. The number of para-hydroxylation sites is 1. The van der Waals surface area contributed by atoms with Crippen molar-refractivity contribution in [2.75, 3.05) is 12.5 Å². The van der Waals surface area contributed by atoms with Crippen LogP contribution in [-0.4, -0.2) is 35.7 Å². The van der Waals surface area contributed by atoms with Crippen molar-refractivity contribution in [3.05, 3.63) is 23.0 Å². The summed E-state index contributed by atoms with van der Waals surface area (Å²) in [5.41, 5.74) is 1.53. The predicted octanol–water partition coefficient (Wildman–Crippen LogP) is 3.56. The van der Waals surface area contributed by atoms with E-state index in [0.29, 0.717) is 26.5 Å². The van der Waals surface area contributed by atoms with E-state index in [2.05, 4.69) is 15.8 Å². The predicted molar refractivity (Wildman–Crippen MR) is 90.4 cm³/mol. The fourth-order valence-corrected chi connectivity index (χ4v) is 5.15. The van der Waals surface area contributed by atoms with Crippen molar-refractivity contribution >= 4 is 44.9 Å². The van der Waals surface area contributed by atoms with Gasteiger partial charge in [0.05, 0.1) is 15.9 Å². The third-order valence-corrected chi connectivity index (χ3v) is 6.70. The molecule has 0 spiro atoms. The Balaban J connectivity index is 2.18. The molecule has 2 aromatic rings. The molecular formula is C14H18N2O2S3. The minimum absolute atomic E-state index is 0.323. The Kier molecular flexibility index (Phi) is 3.92. The van der Waals surface area contributed by atoms with Gasteiger partial charge in [0, 0.05) is 17.5 Å². The van der Waals surface area contributed by atoms with Crippen molar-refractivity contribution < 1.29 is 8.42 Å².